The molecule has 2 aromatic rings. The van der Waals surface area contributed by atoms with Crippen LogP contribution in [-0.2, 0) is 28.5 Å². The van der Waals surface area contributed by atoms with E-state index in [-0.39, 0.29) is 5.75 Å². The molecule has 2 rings (SSSR count). The molecule has 0 fully saturated rings. The molecule has 0 aliphatic heterocycles. The summed E-state index contributed by atoms with van der Waals surface area (Å²) in [5.74, 6) is 0.468. The summed E-state index contributed by atoms with van der Waals surface area (Å²) < 4.78 is 49.7. The molecular weight excluding hydrogens is 285 g/mol. The maximum atomic E-state index is 12.6. The molecule has 0 saturated heterocycles. The van der Waals surface area contributed by atoms with Crippen molar-refractivity contribution in [3.63, 3.8) is 0 Å². The van der Waals surface area contributed by atoms with Gasteiger partial charge in [0.05, 0.1) is 5.56 Å². The standard InChI is InChI=1S/C15H13F3OS/c16-15(17,18)14-8-4-7-13(9-14)11-20(19)10-12-5-2-1-3-6-12/h1-9H,10-11H2. The van der Waals surface area contributed by atoms with Crippen molar-refractivity contribution in [2.45, 2.75) is 17.7 Å². The molecule has 106 valence electrons. The first kappa shape index (κ1) is 14.8. The number of rotatable bonds is 4. The fraction of sp³-hybridized carbons (Fsp3) is 0.200. The summed E-state index contributed by atoms with van der Waals surface area (Å²) in [6.07, 6.45) is -4.36. The first-order valence-electron chi connectivity index (χ1n) is 6.00. The van der Waals surface area contributed by atoms with Gasteiger partial charge in [-0.3, -0.25) is 4.21 Å². The van der Waals surface area contributed by atoms with Gasteiger partial charge in [0.15, 0.2) is 0 Å². The lowest BCUT2D eigenvalue weighted by Gasteiger charge is -2.08. The average Bonchev–Trinajstić information content (AvgIpc) is 2.39. The van der Waals surface area contributed by atoms with Gasteiger partial charge >= 0.3 is 6.18 Å². The summed E-state index contributed by atoms with van der Waals surface area (Å²) in [7, 11) is -1.22. The van der Waals surface area contributed by atoms with Crippen LogP contribution >= 0.6 is 0 Å². The van der Waals surface area contributed by atoms with Crippen LogP contribution in [-0.4, -0.2) is 4.21 Å². The second-order valence-electron chi connectivity index (χ2n) is 4.41. The summed E-state index contributed by atoms with van der Waals surface area (Å²) in [6, 6.07) is 14.2. The lowest BCUT2D eigenvalue weighted by Crippen LogP contribution is -2.06. The normalized spacial score (nSPS) is 13.2. The predicted molar refractivity (Wildman–Crippen MR) is 73.4 cm³/mol. The van der Waals surface area contributed by atoms with E-state index >= 15 is 0 Å². The van der Waals surface area contributed by atoms with Gasteiger partial charge in [-0.1, -0.05) is 48.5 Å². The van der Waals surface area contributed by atoms with Crippen molar-refractivity contribution in [2.75, 3.05) is 0 Å². The monoisotopic (exact) mass is 298 g/mol. The highest BCUT2D eigenvalue weighted by atomic mass is 32.2. The second-order valence-corrected chi connectivity index (χ2v) is 5.87. The Morgan fingerprint density at radius 2 is 1.45 bits per heavy atom. The van der Waals surface area contributed by atoms with E-state index in [1.54, 1.807) is 6.07 Å². The molecule has 1 atom stereocenters. The number of benzene rings is 2. The quantitative estimate of drug-likeness (QED) is 0.828. The minimum absolute atomic E-state index is 0.124. The van der Waals surface area contributed by atoms with Gasteiger partial charge in [0.25, 0.3) is 0 Å². The third kappa shape index (κ3) is 4.20. The van der Waals surface area contributed by atoms with Crippen molar-refractivity contribution < 1.29 is 17.4 Å². The van der Waals surface area contributed by atoms with Crippen LogP contribution in [0.5, 0.6) is 0 Å². The minimum Gasteiger partial charge on any atom is -0.259 e. The Labute approximate surface area is 117 Å². The Morgan fingerprint density at radius 1 is 0.850 bits per heavy atom. The summed E-state index contributed by atoms with van der Waals surface area (Å²) >= 11 is 0. The zero-order valence-corrected chi connectivity index (χ0v) is 11.4. The first-order chi connectivity index (χ1) is 9.45. The van der Waals surface area contributed by atoms with E-state index in [0.29, 0.717) is 11.3 Å². The molecule has 2 aromatic carbocycles. The highest BCUT2D eigenvalue weighted by Crippen LogP contribution is 2.29. The third-order valence-electron chi connectivity index (χ3n) is 2.75. The van der Waals surface area contributed by atoms with Gasteiger partial charge in [0.2, 0.25) is 0 Å². The van der Waals surface area contributed by atoms with Crippen molar-refractivity contribution in [1.29, 1.82) is 0 Å². The number of halogens is 3. The van der Waals surface area contributed by atoms with Crippen molar-refractivity contribution in [3.8, 4) is 0 Å². The van der Waals surface area contributed by atoms with Crippen molar-refractivity contribution in [3.05, 3.63) is 71.3 Å². The molecule has 1 nitrogen and oxygen atoms in total. The molecule has 0 radical (unpaired) electrons. The number of alkyl halides is 3. The van der Waals surface area contributed by atoms with E-state index in [1.165, 1.54) is 6.07 Å². The van der Waals surface area contributed by atoms with Crippen molar-refractivity contribution in [2.24, 2.45) is 0 Å². The molecule has 20 heavy (non-hydrogen) atoms. The van der Waals surface area contributed by atoms with Crippen LogP contribution in [0.2, 0.25) is 0 Å². The van der Waals surface area contributed by atoms with Gasteiger partial charge < -0.3 is 0 Å². The molecule has 0 amide bonds. The van der Waals surface area contributed by atoms with E-state index in [0.717, 1.165) is 17.7 Å². The summed E-state index contributed by atoms with van der Waals surface area (Å²) in [6.45, 7) is 0. The van der Waals surface area contributed by atoms with Crippen LogP contribution in [0, 0.1) is 0 Å². The van der Waals surface area contributed by atoms with E-state index in [1.807, 2.05) is 30.3 Å². The minimum atomic E-state index is -4.36. The van der Waals surface area contributed by atoms with Gasteiger partial charge in [-0.25, -0.2) is 0 Å². The maximum absolute atomic E-state index is 12.6. The van der Waals surface area contributed by atoms with Gasteiger partial charge in [0, 0.05) is 22.3 Å². The van der Waals surface area contributed by atoms with Crippen molar-refractivity contribution in [1.82, 2.24) is 0 Å². The summed E-state index contributed by atoms with van der Waals surface area (Å²) in [5.41, 5.74) is 0.651. The second kappa shape index (κ2) is 6.22. The fourth-order valence-corrected chi connectivity index (χ4v) is 3.05. The molecule has 5 heteroatoms. The molecular formula is C15H13F3OS. The number of hydrogen-bond donors (Lipinski definition) is 0. The number of hydrogen-bond acceptors (Lipinski definition) is 1. The Balaban J connectivity index is 2.05. The van der Waals surface area contributed by atoms with Crippen LogP contribution in [0.1, 0.15) is 16.7 Å². The van der Waals surface area contributed by atoms with Crippen LogP contribution in [0.15, 0.2) is 54.6 Å². The van der Waals surface area contributed by atoms with Crippen LogP contribution in [0.4, 0.5) is 13.2 Å². The van der Waals surface area contributed by atoms with E-state index in [4.69, 9.17) is 0 Å². The smallest absolute Gasteiger partial charge is 0.259 e. The van der Waals surface area contributed by atoms with Crippen molar-refractivity contribution >= 4 is 10.8 Å². The Morgan fingerprint density at radius 3 is 2.10 bits per heavy atom. The third-order valence-corrected chi connectivity index (χ3v) is 4.06. The van der Waals surface area contributed by atoms with Crippen LogP contribution in [0.25, 0.3) is 0 Å². The maximum Gasteiger partial charge on any atom is 0.416 e. The molecule has 0 N–H and O–H groups in total. The van der Waals surface area contributed by atoms with E-state index in [9.17, 15) is 17.4 Å². The lowest BCUT2D eigenvalue weighted by molar-refractivity contribution is -0.137. The Bertz CT molecular complexity index is 594. The van der Waals surface area contributed by atoms with Crippen LogP contribution in [0.3, 0.4) is 0 Å². The van der Waals surface area contributed by atoms with Crippen LogP contribution < -0.4 is 0 Å². The van der Waals surface area contributed by atoms with Gasteiger partial charge in [-0.2, -0.15) is 13.2 Å². The highest BCUT2D eigenvalue weighted by molar-refractivity contribution is 7.83. The average molecular weight is 298 g/mol. The lowest BCUT2D eigenvalue weighted by atomic mass is 10.1. The Kier molecular flexibility index (Phi) is 4.60. The molecule has 0 aromatic heterocycles. The van der Waals surface area contributed by atoms with Gasteiger partial charge in [-0.15, -0.1) is 0 Å². The molecule has 1 unspecified atom stereocenters. The zero-order chi connectivity index (χ0) is 14.6. The molecule has 0 bridgehead atoms. The van der Waals surface area contributed by atoms with E-state index in [2.05, 4.69) is 0 Å². The Hall–Kier alpha value is -1.62. The molecule has 0 aliphatic rings. The summed E-state index contributed by atoms with van der Waals surface area (Å²) in [4.78, 5) is 0. The van der Waals surface area contributed by atoms with Gasteiger partial charge in [0.1, 0.15) is 0 Å². The van der Waals surface area contributed by atoms with Gasteiger partial charge in [-0.05, 0) is 17.2 Å². The molecule has 0 aliphatic carbocycles. The molecule has 0 saturated carbocycles. The first-order valence-corrected chi connectivity index (χ1v) is 7.49. The molecule has 0 spiro atoms. The highest BCUT2D eigenvalue weighted by Gasteiger charge is 2.30. The SMILES string of the molecule is O=S(Cc1ccccc1)Cc1cccc(C(F)(F)F)c1. The largest absolute Gasteiger partial charge is 0.416 e. The zero-order valence-electron chi connectivity index (χ0n) is 10.6. The fourth-order valence-electron chi connectivity index (χ4n) is 1.83. The molecule has 0 heterocycles. The summed E-state index contributed by atoms with van der Waals surface area (Å²) in [5, 5.41) is 0. The topological polar surface area (TPSA) is 17.1 Å². The van der Waals surface area contributed by atoms with E-state index < -0.39 is 22.5 Å². The predicted octanol–water partition coefficient (Wildman–Crippen LogP) is 4.15.